The second-order valence-electron chi connectivity index (χ2n) is 4.20. The summed E-state index contributed by atoms with van der Waals surface area (Å²) in [4.78, 5) is 0. The Balaban J connectivity index is 2.18. The zero-order valence-corrected chi connectivity index (χ0v) is 12.7. The quantitative estimate of drug-likeness (QED) is 0.710. The third-order valence-corrected chi connectivity index (χ3v) is 3.15. The van der Waals surface area contributed by atoms with Gasteiger partial charge in [-0.05, 0) is 30.7 Å². The molecule has 1 N–H and O–H groups in total. The lowest BCUT2D eigenvalue weighted by molar-refractivity contribution is 0.158. The molecule has 0 aliphatic heterocycles. The topological polar surface area (TPSA) is 30.5 Å². The number of ether oxygens (including phenoxy) is 2. The first-order valence-electron chi connectivity index (χ1n) is 6.37. The molecule has 0 spiro atoms. The van der Waals surface area contributed by atoms with Crippen molar-refractivity contribution in [3.63, 3.8) is 0 Å². The van der Waals surface area contributed by atoms with Crippen LogP contribution in [0.25, 0.3) is 0 Å². The van der Waals surface area contributed by atoms with Crippen LogP contribution in [0.3, 0.4) is 0 Å². The molecule has 1 aromatic carbocycles. The number of hydrogen-bond acceptors (Lipinski definition) is 3. The number of nitrogens with one attached hydrogen (secondary N) is 1. The van der Waals surface area contributed by atoms with Crippen LogP contribution >= 0.6 is 15.9 Å². The molecule has 0 bridgehead atoms. The number of hydrogen-bond donors (Lipinski definition) is 1. The highest BCUT2D eigenvalue weighted by Crippen LogP contribution is 2.15. The van der Waals surface area contributed by atoms with Gasteiger partial charge in [-0.2, -0.15) is 0 Å². The SMILES string of the molecule is CCCC(COC)NCCOc1ccc(Br)cc1. The first-order chi connectivity index (χ1) is 8.76. The summed E-state index contributed by atoms with van der Waals surface area (Å²) in [5, 5.41) is 3.44. The monoisotopic (exact) mass is 315 g/mol. The summed E-state index contributed by atoms with van der Waals surface area (Å²) < 4.78 is 11.9. The second kappa shape index (κ2) is 9.36. The van der Waals surface area contributed by atoms with E-state index in [4.69, 9.17) is 9.47 Å². The minimum Gasteiger partial charge on any atom is -0.492 e. The van der Waals surface area contributed by atoms with E-state index in [1.54, 1.807) is 7.11 Å². The average molecular weight is 316 g/mol. The Morgan fingerprint density at radius 2 is 2.00 bits per heavy atom. The first-order valence-corrected chi connectivity index (χ1v) is 7.16. The molecule has 4 heteroatoms. The Kier molecular flexibility index (Phi) is 8.05. The summed E-state index contributed by atoms with van der Waals surface area (Å²) in [6, 6.07) is 8.31. The van der Waals surface area contributed by atoms with Crippen molar-refractivity contribution in [1.29, 1.82) is 0 Å². The van der Waals surface area contributed by atoms with Crippen LogP contribution in [-0.2, 0) is 4.74 Å². The number of methoxy groups -OCH3 is 1. The van der Waals surface area contributed by atoms with Crippen LogP contribution in [0.1, 0.15) is 19.8 Å². The van der Waals surface area contributed by atoms with E-state index in [1.807, 2.05) is 24.3 Å². The largest absolute Gasteiger partial charge is 0.492 e. The van der Waals surface area contributed by atoms with Crippen LogP contribution in [0.15, 0.2) is 28.7 Å². The van der Waals surface area contributed by atoms with Gasteiger partial charge in [0, 0.05) is 24.2 Å². The predicted molar refractivity (Wildman–Crippen MR) is 78.2 cm³/mol. The normalized spacial score (nSPS) is 12.4. The number of halogens is 1. The second-order valence-corrected chi connectivity index (χ2v) is 5.11. The summed E-state index contributed by atoms with van der Waals surface area (Å²) >= 11 is 3.40. The van der Waals surface area contributed by atoms with E-state index in [-0.39, 0.29) is 0 Å². The van der Waals surface area contributed by atoms with Crippen molar-refractivity contribution >= 4 is 15.9 Å². The van der Waals surface area contributed by atoms with Gasteiger partial charge in [0.05, 0.1) is 6.61 Å². The molecule has 102 valence electrons. The van der Waals surface area contributed by atoms with Crippen molar-refractivity contribution < 1.29 is 9.47 Å². The zero-order valence-electron chi connectivity index (χ0n) is 11.1. The van der Waals surface area contributed by atoms with Crippen molar-refractivity contribution in [3.8, 4) is 5.75 Å². The molecule has 0 heterocycles. The minimum atomic E-state index is 0.425. The third-order valence-electron chi connectivity index (χ3n) is 2.62. The Morgan fingerprint density at radius 3 is 2.61 bits per heavy atom. The Hall–Kier alpha value is -0.580. The van der Waals surface area contributed by atoms with Crippen molar-refractivity contribution in [1.82, 2.24) is 5.32 Å². The van der Waals surface area contributed by atoms with Crippen LogP contribution in [0.4, 0.5) is 0 Å². The van der Waals surface area contributed by atoms with Gasteiger partial charge in [-0.3, -0.25) is 0 Å². The van der Waals surface area contributed by atoms with Gasteiger partial charge in [0.1, 0.15) is 12.4 Å². The lowest BCUT2D eigenvalue weighted by atomic mass is 10.2. The molecular weight excluding hydrogens is 294 g/mol. The molecule has 0 saturated carbocycles. The molecule has 0 amide bonds. The maximum absolute atomic E-state index is 5.64. The third kappa shape index (κ3) is 6.38. The van der Waals surface area contributed by atoms with Crippen molar-refractivity contribution in [3.05, 3.63) is 28.7 Å². The van der Waals surface area contributed by atoms with Crippen molar-refractivity contribution in [2.45, 2.75) is 25.8 Å². The maximum atomic E-state index is 5.64. The van der Waals surface area contributed by atoms with Crippen LogP contribution in [-0.4, -0.2) is 32.9 Å². The predicted octanol–water partition coefficient (Wildman–Crippen LogP) is 3.23. The van der Waals surface area contributed by atoms with Gasteiger partial charge < -0.3 is 14.8 Å². The molecular formula is C14H22BrNO2. The fourth-order valence-electron chi connectivity index (χ4n) is 1.76. The molecule has 3 nitrogen and oxygen atoms in total. The van der Waals surface area contributed by atoms with Gasteiger partial charge in [0.15, 0.2) is 0 Å². The summed E-state index contributed by atoms with van der Waals surface area (Å²) in [5.74, 6) is 0.902. The molecule has 0 radical (unpaired) electrons. The van der Waals surface area contributed by atoms with Crippen molar-refractivity contribution in [2.75, 3.05) is 26.9 Å². The van der Waals surface area contributed by atoms with E-state index >= 15 is 0 Å². The molecule has 1 aromatic rings. The van der Waals surface area contributed by atoms with E-state index in [1.165, 1.54) is 0 Å². The Morgan fingerprint density at radius 1 is 1.28 bits per heavy atom. The van der Waals surface area contributed by atoms with Crippen LogP contribution in [0.5, 0.6) is 5.75 Å². The average Bonchev–Trinajstić information content (AvgIpc) is 2.37. The van der Waals surface area contributed by atoms with Gasteiger partial charge in [0.2, 0.25) is 0 Å². The molecule has 0 saturated heterocycles. The summed E-state index contributed by atoms with van der Waals surface area (Å²) in [5.41, 5.74) is 0. The van der Waals surface area contributed by atoms with Crippen LogP contribution in [0.2, 0.25) is 0 Å². The molecule has 1 rings (SSSR count). The molecule has 1 unspecified atom stereocenters. The Bertz CT molecular complexity index is 310. The van der Waals surface area contributed by atoms with E-state index in [9.17, 15) is 0 Å². The van der Waals surface area contributed by atoms with Crippen molar-refractivity contribution in [2.24, 2.45) is 0 Å². The smallest absolute Gasteiger partial charge is 0.119 e. The fraction of sp³-hybridized carbons (Fsp3) is 0.571. The molecule has 0 aliphatic carbocycles. The van der Waals surface area contributed by atoms with Gasteiger partial charge in [-0.15, -0.1) is 0 Å². The lowest BCUT2D eigenvalue weighted by Gasteiger charge is -2.17. The molecule has 0 aromatic heterocycles. The molecule has 0 aliphatic rings. The van der Waals surface area contributed by atoms with E-state index in [0.717, 1.165) is 36.2 Å². The standard InChI is InChI=1S/C14H22BrNO2/c1-3-4-13(11-17-2)16-9-10-18-14-7-5-12(15)6-8-14/h5-8,13,16H,3-4,9-11H2,1-2H3. The summed E-state index contributed by atoms with van der Waals surface area (Å²) in [6.07, 6.45) is 2.29. The zero-order chi connectivity index (χ0) is 13.2. The highest BCUT2D eigenvalue weighted by Gasteiger charge is 2.05. The molecule has 18 heavy (non-hydrogen) atoms. The number of benzene rings is 1. The molecule has 0 fully saturated rings. The van der Waals surface area contributed by atoms with Gasteiger partial charge in [-0.25, -0.2) is 0 Å². The summed E-state index contributed by atoms with van der Waals surface area (Å²) in [7, 11) is 1.74. The highest BCUT2D eigenvalue weighted by atomic mass is 79.9. The first kappa shape index (κ1) is 15.5. The van der Waals surface area contributed by atoms with E-state index in [0.29, 0.717) is 12.6 Å². The van der Waals surface area contributed by atoms with Crippen LogP contribution < -0.4 is 10.1 Å². The van der Waals surface area contributed by atoms with Gasteiger partial charge in [-0.1, -0.05) is 29.3 Å². The maximum Gasteiger partial charge on any atom is 0.119 e. The minimum absolute atomic E-state index is 0.425. The van der Waals surface area contributed by atoms with E-state index < -0.39 is 0 Å². The highest BCUT2D eigenvalue weighted by molar-refractivity contribution is 9.10. The lowest BCUT2D eigenvalue weighted by Crippen LogP contribution is -2.35. The Labute approximate surface area is 118 Å². The van der Waals surface area contributed by atoms with Crippen LogP contribution in [0, 0.1) is 0 Å². The molecule has 1 atom stereocenters. The van der Waals surface area contributed by atoms with Gasteiger partial charge >= 0.3 is 0 Å². The fourth-order valence-corrected chi connectivity index (χ4v) is 2.02. The van der Waals surface area contributed by atoms with E-state index in [2.05, 4.69) is 28.2 Å². The summed E-state index contributed by atoms with van der Waals surface area (Å²) in [6.45, 7) is 4.45. The number of rotatable bonds is 9. The van der Waals surface area contributed by atoms with Gasteiger partial charge in [0.25, 0.3) is 0 Å².